The number of rotatable bonds is 3. The summed E-state index contributed by atoms with van der Waals surface area (Å²) in [5, 5.41) is 14.6. The molecule has 1 aromatic carbocycles. The van der Waals surface area contributed by atoms with Crippen LogP contribution in [-0.2, 0) is 22.8 Å². The van der Waals surface area contributed by atoms with Gasteiger partial charge in [-0.25, -0.2) is 4.68 Å². The van der Waals surface area contributed by atoms with Crippen molar-refractivity contribution in [1.29, 1.82) is 0 Å². The van der Waals surface area contributed by atoms with Crippen LogP contribution >= 0.6 is 11.6 Å². The van der Waals surface area contributed by atoms with E-state index in [9.17, 15) is 22.8 Å². The van der Waals surface area contributed by atoms with Crippen LogP contribution < -0.4 is 5.32 Å². The average molecular weight is 625 g/mol. The van der Waals surface area contributed by atoms with Crippen LogP contribution in [0, 0.1) is 5.92 Å². The van der Waals surface area contributed by atoms with E-state index in [4.69, 9.17) is 11.6 Å². The van der Waals surface area contributed by atoms with Gasteiger partial charge in [0.25, 0.3) is 0 Å². The first kappa shape index (κ1) is 29.5. The quantitative estimate of drug-likeness (QED) is 0.306. The summed E-state index contributed by atoms with van der Waals surface area (Å²) in [6, 6.07) is 8.11. The van der Waals surface area contributed by atoms with Crippen LogP contribution in [0.25, 0.3) is 22.5 Å². The number of pyridine rings is 1. The number of halogens is 4. The Morgan fingerprint density at radius 1 is 1.11 bits per heavy atom. The van der Waals surface area contributed by atoms with Gasteiger partial charge in [0, 0.05) is 47.9 Å². The number of nitrogens with zero attached hydrogens (tertiary/aromatic N) is 7. The number of hydrogen-bond donors (Lipinski definition) is 1. The lowest BCUT2D eigenvalue weighted by Gasteiger charge is -2.34. The minimum atomic E-state index is -4.65. The molecule has 0 aliphatic carbocycles. The summed E-state index contributed by atoms with van der Waals surface area (Å²) in [4.78, 5) is 33.1. The van der Waals surface area contributed by atoms with E-state index in [2.05, 4.69) is 25.7 Å². The molecule has 6 rings (SSSR count). The molecular weight excluding hydrogens is 597 g/mol. The SMILES string of the molecule is C[C@@H]1CCCC(N2CCC(c3cc(Cl)ccc3-n3cc(C(F)(F)F)nn3)=CC2=O)c2cc(ccn2)-c2c(cnn2C)NC1=O. The second-order valence-corrected chi connectivity index (χ2v) is 11.4. The van der Waals surface area contributed by atoms with Gasteiger partial charge in [-0.1, -0.05) is 30.2 Å². The topological polar surface area (TPSA) is 111 Å². The molecule has 5 heterocycles. The minimum absolute atomic E-state index is 0.0978. The van der Waals surface area contributed by atoms with Gasteiger partial charge in [0.05, 0.1) is 41.2 Å². The van der Waals surface area contributed by atoms with Crippen LogP contribution in [0.5, 0.6) is 0 Å². The molecule has 1 N–H and O–H groups in total. The Morgan fingerprint density at radius 3 is 2.68 bits per heavy atom. The maximum absolute atomic E-state index is 13.8. The third kappa shape index (κ3) is 5.71. The van der Waals surface area contributed by atoms with E-state index in [1.54, 1.807) is 47.2 Å². The van der Waals surface area contributed by atoms with E-state index in [0.29, 0.717) is 65.5 Å². The Morgan fingerprint density at radius 2 is 1.93 bits per heavy atom. The number of carbonyl (C=O) groups excluding carboxylic acids is 2. The lowest BCUT2D eigenvalue weighted by molar-refractivity contribution is -0.141. The minimum Gasteiger partial charge on any atom is -0.330 e. The number of carbonyl (C=O) groups is 2. The van der Waals surface area contributed by atoms with E-state index in [0.717, 1.165) is 22.1 Å². The summed E-state index contributed by atoms with van der Waals surface area (Å²) >= 11 is 6.28. The standard InChI is InChI=1S/C30H28ClF3N8O2/c1-17-4-3-5-25(22-12-19(8-10-35-22)28-23(37-29(17)44)15-36-40(28)2)41-11-9-18(13-27(41)43)21-14-20(31)6-7-24(21)42-16-26(38-39-42)30(32,33)34/h6-8,10,12-17,25H,3-5,9,11H2,1-2H3,(H,37,44)/t17-,25?/m1/s1. The van der Waals surface area contributed by atoms with Crippen LogP contribution in [0.15, 0.2) is 55.0 Å². The van der Waals surface area contributed by atoms with Crippen molar-refractivity contribution in [3.63, 3.8) is 0 Å². The maximum Gasteiger partial charge on any atom is 0.436 e. The molecule has 2 bridgehead atoms. The Labute approximate surface area is 255 Å². The Kier molecular flexibility index (Phi) is 7.74. The summed E-state index contributed by atoms with van der Waals surface area (Å²) in [5.74, 6) is -0.615. The highest BCUT2D eigenvalue weighted by Gasteiger charge is 2.35. The summed E-state index contributed by atoms with van der Waals surface area (Å²) in [6.45, 7) is 2.21. The molecule has 0 saturated carbocycles. The number of hydrogen-bond acceptors (Lipinski definition) is 6. The third-order valence-electron chi connectivity index (χ3n) is 8.07. The number of aromatic nitrogens is 6. The van der Waals surface area contributed by atoms with Crippen LogP contribution in [0.4, 0.5) is 18.9 Å². The van der Waals surface area contributed by atoms with Gasteiger partial charge in [0.15, 0.2) is 5.69 Å². The van der Waals surface area contributed by atoms with Crippen LogP contribution in [-0.4, -0.2) is 53.0 Å². The van der Waals surface area contributed by atoms with E-state index in [1.807, 2.05) is 19.1 Å². The summed E-state index contributed by atoms with van der Waals surface area (Å²) in [6.07, 6.45) is 3.26. The largest absolute Gasteiger partial charge is 0.436 e. The van der Waals surface area contributed by atoms with Gasteiger partial charge in [-0.15, -0.1) is 5.10 Å². The van der Waals surface area contributed by atoms with Crippen molar-refractivity contribution >= 4 is 34.7 Å². The van der Waals surface area contributed by atoms with Crippen molar-refractivity contribution in [2.75, 3.05) is 11.9 Å². The van der Waals surface area contributed by atoms with E-state index < -0.39 is 11.9 Å². The molecule has 2 amide bonds. The fourth-order valence-corrected chi connectivity index (χ4v) is 5.94. The Balaban J connectivity index is 1.35. The van der Waals surface area contributed by atoms with Crippen molar-refractivity contribution in [2.24, 2.45) is 13.0 Å². The molecule has 44 heavy (non-hydrogen) atoms. The summed E-state index contributed by atoms with van der Waals surface area (Å²) in [7, 11) is 1.80. The first-order chi connectivity index (χ1) is 21.0. The highest BCUT2D eigenvalue weighted by atomic mass is 35.5. The number of anilines is 1. The van der Waals surface area contributed by atoms with Crippen molar-refractivity contribution < 1.29 is 22.8 Å². The van der Waals surface area contributed by atoms with Gasteiger partial charge in [-0.2, -0.15) is 18.3 Å². The molecule has 0 radical (unpaired) electrons. The predicted octanol–water partition coefficient (Wildman–Crippen LogP) is 5.85. The number of alkyl halides is 3. The summed E-state index contributed by atoms with van der Waals surface area (Å²) < 4.78 is 42.4. The number of aryl methyl sites for hydroxylation is 1. The van der Waals surface area contributed by atoms with E-state index in [-0.39, 0.29) is 23.8 Å². The number of benzene rings is 1. The molecule has 0 spiro atoms. The average Bonchev–Trinajstić information content (AvgIpc) is 3.62. The second-order valence-electron chi connectivity index (χ2n) is 11.0. The van der Waals surface area contributed by atoms with Gasteiger partial charge < -0.3 is 10.2 Å². The van der Waals surface area contributed by atoms with Crippen LogP contribution in [0.3, 0.4) is 0 Å². The van der Waals surface area contributed by atoms with E-state index in [1.165, 1.54) is 6.08 Å². The smallest absolute Gasteiger partial charge is 0.330 e. The Bertz CT molecular complexity index is 1780. The van der Waals surface area contributed by atoms with Gasteiger partial charge in [0.1, 0.15) is 0 Å². The number of nitrogens with one attached hydrogen (secondary N) is 1. The molecule has 2 atom stereocenters. The summed E-state index contributed by atoms with van der Waals surface area (Å²) in [5.41, 5.74) is 3.16. The van der Waals surface area contributed by atoms with Gasteiger partial charge in [-0.3, -0.25) is 19.3 Å². The lowest BCUT2D eigenvalue weighted by Crippen LogP contribution is -2.38. The Hall–Kier alpha value is -4.52. The van der Waals surface area contributed by atoms with Crippen LogP contribution in [0.1, 0.15) is 55.6 Å². The molecule has 2 aliphatic rings. The van der Waals surface area contributed by atoms with Crippen molar-refractivity contribution in [2.45, 2.75) is 44.8 Å². The van der Waals surface area contributed by atoms with Crippen molar-refractivity contribution in [3.8, 4) is 16.9 Å². The molecule has 14 heteroatoms. The zero-order chi connectivity index (χ0) is 31.2. The molecule has 0 fully saturated rings. The number of amides is 2. The molecule has 1 unspecified atom stereocenters. The fourth-order valence-electron chi connectivity index (χ4n) is 5.77. The highest BCUT2D eigenvalue weighted by molar-refractivity contribution is 6.30. The number of fused-ring (bicyclic) bond motifs is 4. The zero-order valence-electron chi connectivity index (χ0n) is 23.8. The first-order valence-corrected chi connectivity index (χ1v) is 14.5. The molecule has 10 nitrogen and oxygen atoms in total. The molecule has 3 aromatic heterocycles. The normalized spacial score (nSPS) is 19.5. The zero-order valence-corrected chi connectivity index (χ0v) is 24.6. The molecule has 2 aliphatic heterocycles. The van der Waals surface area contributed by atoms with Gasteiger partial charge in [0.2, 0.25) is 11.8 Å². The fraction of sp³-hybridized carbons (Fsp3) is 0.333. The van der Waals surface area contributed by atoms with Gasteiger partial charge in [-0.05, 0) is 55.2 Å². The molecule has 228 valence electrons. The van der Waals surface area contributed by atoms with Gasteiger partial charge >= 0.3 is 6.18 Å². The highest BCUT2D eigenvalue weighted by Crippen LogP contribution is 2.37. The molecule has 4 aromatic rings. The second kappa shape index (κ2) is 11.5. The van der Waals surface area contributed by atoms with Crippen molar-refractivity contribution in [3.05, 3.63) is 77.0 Å². The molecular formula is C30H28ClF3N8O2. The lowest BCUT2D eigenvalue weighted by atomic mass is 9.93. The van der Waals surface area contributed by atoms with Crippen molar-refractivity contribution in [1.82, 2.24) is 34.7 Å². The molecule has 0 saturated heterocycles. The maximum atomic E-state index is 13.8. The third-order valence-corrected chi connectivity index (χ3v) is 8.30. The van der Waals surface area contributed by atoms with E-state index >= 15 is 0 Å². The predicted molar refractivity (Wildman–Crippen MR) is 157 cm³/mol. The first-order valence-electron chi connectivity index (χ1n) is 14.1. The van der Waals surface area contributed by atoms with Crippen LogP contribution in [0.2, 0.25) is 5.02 Å². The monoisotopic (exact) mass is 624 g/mol.